The topological polar surface area (TPSA) is 35.5 Å². The summed E-state index contributed by atoms with van der Waals surface area (Å²) in [5.41, 5.74) is 2.20. The van der Waals surface area contributed by atoms with Crippen LogP contribution in [0.25, 0.3) is 20.5 Å². The van der Waals surface area contributed by atoms with Crippen LogP contribution < -0.4 is 4.74 Å². The van der Waals surface area contributed by atoms with E-state index in [9.17, 15) is 31.1 Å². The van der Waals surface area contributed by atoms with Crippen molar-refractivity contribution in [3.8, 4) is 16.2 Å². The number of rotatable bonds is 13. The zero-order valence-corrected chi connectivity index (χ0v) is 20.9. The fraction of sp³-hybridized carbons (Fsp3) is 0.370. The minimum Gasteiger partial charge on any atom is -0.487 e. The molecule has 1 aromatic heterocycles. The van der Waals surface area contributed by atoms with Gasteiger partial charge in [-0.3, -0.25) is 0 Å². The summed E-state index contributed by atoms with van der Waals surface area (Å²) < 4.78 is 93.2. The Bertz CT molecular complexity index is 1220. The highest BCUT2D eigenvalue weighted by Crippen LogP contribution is 2.46. The van der Waals surface area contributed by atoms with E-state index in [1.54, 1.807) is 6.07 Å². The second-order valence-electron chi connectivity index (χ2n) is 8.55. The van der Waals surface area contributed by atoms with Gasteiger partial charge in [-0.15, -0.1) is 11.3 Å². The van der Waals surface area contributed by atoms with Crippen LogP contribution in [0.4, 0.5) is 26.3 Å². The summed E-state index contributed by atoms with van der Waals surface area (Å²) in [6, 6.07) is 14.3. The molecule has 0 amide bonds. The van der Waals surface area contributed by atoms with Crippen molar-refractivity contribution in [1.82, 2.24) is 0 Å². The standard InChI is InChI=1S/C27H26F6O3S/c1-3-5-6-7-18-8-10-19(11-9-18)22-14-20-12-13-21(15-23(20)37-22)35-16-25(28,29)27(32,33)26(30,31)17-36-24(34)4-2/h4,8-15H,2-3,5-7,16-17H2,1H3. The van der Waals surface area contributed by atoms with Crippen LogP contribution in [0.1, 0.15) is 31.7 Å². The first-order valence-electron chi connectivity index (χ1n) is 11.6. The molecule has 0 saturated heterocycles. The van der Waals surface area contributed by atoms with Gasteiger partial charge in [0.2, 0.25) is 0 Å². The van der Waals surface area contributed by atoms with Crippen molar-refractivity contribution in [1.29, 1.82) is 0 Å². The van der Waals surface area contributed by atoms with Gasteiger partial charge in [0.1, 0.15) is 5.75 Å². The van der Waals surface area contributed by atoms with E-state index in [-0.39, 0.29) is 5.75 Å². The Morgan fingerprint density at radius 3 is 2.27 bits per heavy atom. The number of halogens is 6. The van der Waals surface area contributed by atoms with E-state index < -0.39 is 37.0 Å². The minimum atomic E-state index is -5.84. The van der Waals surface area contributed by atoms with Crippen LogP contribution in [-0.2, 0) is 16.0 Å². The third kappa shape index (κ3) is 6.66. The van der Waals surface area contributed by atoms with Crippen LogP contribution >= 0.6 is 11.3 Å². The van der Waals surface area contributed by atoms with Gasteiger partial charge >= 0.3 is 23.7 Å². The molecule has 0 unspecified atom stereocenters. The second-order valence-corrected chi connectivity index (χ2v) is 9.63. The number of alkyl halides is 6. The van der Waals surface area contributed by atoms with Crippen molar-refractivity contribution in [2.24, 2.45) is 0 Å². The van der Waals surface area contributed by atoms with E-state index in [4.69, 9.17) is 4.74 Å². The van der Waals surface area contributed by atoms with Crippen LogP contribution in [0.15, 0.2) is 61.2 Å². The predicted octanol–water partition coefficient (Wildman–Crippen LogP) is 8.31. The summed E-state index contributed by atoms with van der Waals surface area (Å²) in [5.74, 6) is -18.1. The van der Waals surface area contributed by atoms with Gasteiger partial charge in [0, 0.05) is 15.7 Å². The van der Waals surface area contributed by atoms with Crippen LogP contribution in [-0.4, -0.2) is 37.0 Å². The third-order valence-corrected chi connectivity index (χ3v) is 6.85. The highest BCUT2D eigenvalue weighted by molar-refractivity contribution is 7.22. The quantitative estimate of drug-likeness (QED) is 0.0940. The number of carbonyl (C=O) groups is 1. The van der Waals surface area contributed by atoms with Gasteiger partial charge in [-0.1, -0.05) is 50.6 Å². The van der Waals surface area contributed by atoms with Gasteiger partial charge in [0.05, 0.1) is 0 Å². The highest BCUT2D eigenvalue weighted by Gasteiger charge is 2.72. The normalized spacial score (nSPS) is 12.5. The van der Waals surface area contributed by atoms with E-state index >= 15 is 0 Å². The van der Waals surface area contributed by atoms with Crippen molar-refractivity contribution in [2.75, 3.05) is 13.2 Å². The average Bonchev–Trinajstić information content (AvgIpc) is 3.30. The molecule has 1 heterocycles. The summed E-state index contributed by atoms with van der Waals surface area (Å²) in [6.45, 7) is 0.825. The van der Waals surface area contributed by atoms with E-state index in [1.165, 1.54) is 35.5 Å². The summed E-state index contributed by atoms with van der Waals surface area (Å²) in [6.07, 6.45) is 4.87. The Labute approximate surface area is 214 Å². The molecule has 0 radical (unpaired) electrons. The molecular formula is C27H26F6O3S. The van der Waals surface area contributed by atoms with Gasteiger partial charge in [-0.25, -0.2) is 4.79 Å². The molecular weight excluding hydrogens is 518 g/mol. The molecule has 0 N–H and O–H groups in total. The fourth-order valence-electron chi connectivity index (χ4n) is 3.50. The van der Waals surface area contributed by atoms with Gasteiger partial charge in [0.15, 0.2) is 13.2 Å². The molecule has 0 fully saturated rings. The second kappa shape index (κ2) is 11.6. The first-order valence-corrected chi connectivity index (χ1v) is 12.4. The molecule has 37 heavy (non-hydrogen) atoms. The molecule has 0 aliphatic heterocycles. The molecule has 3 aromatic rings. The van der Waals surface area contributed by atoms with Crippen molar-refractivity contribution in [2.45, 2.75) is 50.4 Å². The predicted molar refractivity (Wildman–Crippen MR) is 132 cm³/mol. The lowest BCUT2D eigenvalue weighted by Gasteiger charge is -2.32. The van der Waals surface area contributed by atoms with Gasteiger partial charge in [-0.2, -0.15) is 26.3 Å². The number of thiophene rings is 1. The number of unbranched alkanes of at least 4 members (excludes halogenated alkanes) is 2. The molecule has 0 saturated carbocycles. The van der Waals surface area contributed by atoms with Crippen molar-refractivity contribution in [3.63, 3.8) is 0 Å². The molecule has 0 aliphatic rings. The number of aryl methyl sites for hydroxylation is 1. The average molecular weight is 545 g/mol. The first kappa shape index (κ1) is 28.6. The molecule has 0 atom stereocenters. The number of fused-ring (bicyclic) bond motifs is 1. The number of ether oxygens (including phenoxy) is 2. The number of esters is 1. The molecule has 200 valence electrons. The monoisotopic (exact) mass is 544 g/mol. The molecule has 3 nitrogen and oxygen atoms in total. The number of hydrogen-bond donors (Lipinski definition) is 0. The highest BCUT2D eigenvalue weighted by atomic mass is 32.1. The number of benzene rings is 2. The molecule has 0 bridgehead atoms. The molecule has 3 rings (SSSR count). The van der Waals surface area contributed by atoms with Crippen LogP contribution in [0.2, 0.25) is 0 Å². The Morgan fingerprint density at radius 2 is 1.62 bits per heavy atom. The minimum absolute atomic E-state index is 0.177. The summed E-state index contributed by atoms with van der Waals surface area (Å²) >= 11 is 1.35. The van der Waals surface area contributed by atoms with Crippen molar-refractivity contribution in [3.05, 3.63) is 66.7 Å². The summed E-state index contributed by atoms with van der Waals surface area (Å²) in [7, 11) is 0. The zero-order chi connectivity index (χ0) is 27.3. The van der Waals surface area contributed by atoms with Crippen molar-refractivity contribution < 1.29 is 40.6 Å². The molecule has 10 heteroatoms. The Kier molecular flexibility index (Phi) is 8.94. The van der Waals surface area contributed by atoms with Gasteiger partial charge in [0.25, 0.3) is 0 Å². The van der Waals surface area contributed by atoms with Crippen LogP contribution in [0.5, 0.6) is 5.75 Å². The first-order chi connectivity index (χ1) is 17.4. The molecule has 2 aromatic carbocycles. The lowest BCUT2D eigenvalue weighted by Crippen LogP contribution is -2.58. The van der Waals surface area contributed by atoms with E-state index in [0.717, 1.165) is 35.1 Å². The van der Waals surface area contributed by atoms with E-state index in [0.29, 0.717) is 10.8 Å². The number of hydrogen-bond acceptors (Lipinski definition) is 4. The Morgan fingerprint density at radius 1 is 0.946 bits per heavy atom. The Balaban J connectivity index is 1.69. The number of carbonyl (C=O) groups excluding carboxylic acids is 1. The summed E-state index contributed by atoms with van der Waals surface area (Å²) in [4.78, 5) is 11.8. The van der Waals surface area contributed by atoms with Gasteiger partial charge < -0.3 is 9.47 Å². The maximum Gasteiger partial charge on any atom is 0.378 e. The van der Waals surface area contributed by atoms with Crippen molar-refractivity contribution >= 4 is 27.4 Å². The van der Waals surface area contributed by atoms with E-state index in [2.05, 4.69) is 30.4 Å². The molecule has 0 spiro atoms. The SMILES string of the molecule is C=CC(=O)OCC(F)(F)C(F)(F)C(F)(F)COc1ccc2cc(-c3ccc(CCCCC)cc3)sc2c1. The largest absolute Gasteiger partial charge is 0.487 e. The van der Waals surface area contributed by atoms with Gasteiger partial charge in [-0.05, 0) is 53.6 Å². The maximum absolute atomic E-state index is 14.1. The third-order valence-electron chi connectivity index (χ3n) is 5.70. The Hall–Kier alpha value is -3.01. The lowest BCUT2D eigenvalue weighted by molar-refractivity contribution is -0.322. The molecule has 0 aliphatic carbocycles. The van der Waals surface area contributed by atoms with Crippen LogP contribution in [0, 0.1) is 0 Å². The van der Waals surface area contributed by atoms with E-state index in [1.807, 2.05) is 18.2 Å². The zero-order valence-electron chi connectivity index (χ0n) is 20.0. The van der Waals surface area contributed by atoms with Crippen LogP contribution in [0.3, 0.4) is 0 Å². The maximum atomic E-state index is 14.1. The smallest absolute Gasteiger partial charge is 0.378 e. The summed E-state index contributed by atoms with van der Waals surface area (Å²) in [5, 5.41) is 0.784. The fourth-order valence-corrected chi connectivity index (χ4v) is 4.60. The lowest BCUT2D eigenvalue weighted by atomic mass is 10.0.